The molecule has 39 heavy (non-hydrogen) atoms. The number of benzene rings is 3. The molecule has 3 aromatic carbocycles. The Kier molecular flexibility index (Phi) is 8.13. The molecule has 0 bridgehead atoms. The molecule has 1 atom stereocenters. The Bertz CT molecular complexity index is 1580. The van der Waals surface area contributed by atoms with Crippen LogP contribution in [0.3, 0.4) is 0 Å². The molecule has 200 valence electrons. The fourth-order valence-electron chi connectivity index (χ4n) is 4.95. The average molecular weight is 523 g/mol. The number of hydrogen-bond donors (Lipinski definition) is 1. The van der Waals surface area contributed by atoms with Gasteiger partial charge in [-0.15, -0.1) is 5.10 Å². The lowest BCUT2D eigenvalue weighted by Gasteiger charge is -2.30. The van der Waals surface area contributed by atoms with Gasteiger partial charge in [0, 0.05) is 29.6 Å². The van der Waals surface area contributed by atoms with E-state index in [4.69, 9.17) is 4.74 Å². The molecule has 0 spiro atoms. The molecule has 0 aliphatic rings. The Morgan fingerprint density at radius 2 is 1.74 bits per heavy atom. The lowest BCUT2D eigenvalue weighted by Crippen LogP contribution is -2.32. The molecule has 0 amide bonds. The highest BCUT2D eigenvalue weighted by molar-refractivity contribution is 5.80. The lowest BCUT2D eigenvalue weighted by molar-refractivity contribution is 0.161. The summed E-state index contributed by atoms with van der Waals surface area (Å²) >= 11 is 0. The van der Waals surface area contributed by atoms with E-state index in [1.807, 2.05) is 54.1 Å². The molecule has 1 N–H and O–H groups in total. The van der Waals surface area contributed by atoms with Crippen LogP contribution in [0.5, 0.6) is 5.75 Å². The van der Waals surface area contributed by atoms with Crippen molar-refractivity contribution in [3.63, 3.8) is 0 Å². The van der Waals surface area contributed by atoms with Crippen LogP contribution in [0.15, 0.2) is 83.7 Å². The predicted molar refractivity (Wildman–Crippen MR) is 153 cm³/mol. The maximum atomic E-state index is 13.2. The number of hydrogen-bond acceptors (Lipinski definition) is 6. The zero-order valence-corrected chi connectivity index (χ0v) is 22.7. The van der Waals surface area contributed by atoms with E-state index < -0.39 is 0 Å². The molecule has 0 saturated carbocycles. The number of nitrogens with one attached hydrogen (secondary N) is 1. The Labute approximate surface area is 228 Å². The number of aromatic amines is 1. The van der Waals surface area contributed by atoms with Gasteiger partial charge in [-0.25, -0.2) is 4.68 Å². The number of nitrogens with zero attached hydrogens (tertiary/aromatic N) is 5. The van der Waals surface area contributed by atoms with Gasteiger partial charge in [0.1, 0.15) is 5.75 Å². The monoisotopic (exact) mass is 522 g/mol. The zero-order valence-electron chi connectivity index (χ0n) is 22.7. The highest BCUT2D eigenvalue weighted by Gasteiger charge is 2.26. The van der Waals surface area contributed by atoms with Crippen molar-refractivity contribution in [2.45, 2.75) is 52.9 Å². The molecule has 0 fully saturated rings. The summed E-state index contributed by atoms with van der Waals surface area (Å²) in [5, 5.41) is 13.8. The van der Waals surface area contributed by atoms with Gasteiger partial charge in [-0.2, -0.15) is 0 Å². The Hall–Kier alpha value is -4.30. The van der Waals surface area contributed by atoms with Crippen LogP contribution in [0, 0.1) is 6.92 Å². The molecule has 8 nitrogen and oxygen atoms in total. The minimum absolute atomic E-state index is 0.0979. The molecule has 5 rings (SSSR count). The number of ether oxygens (including phenoxy) is 1. The molecule has 0 unspecified atom stereocenters. The van der Waals surface area contributed by atoms with Crippen molar-refractivity contribution in [1.82, 2.24) is 30.1 Å². The zero-order chi connectivity index (χ0) is 27.2. The van der Waals surface area contributed by atoms with Crippen LogP contribution in [0.4, 0.5) is 0 Å². The first kappa shape index (κ1) is 26.3. The van der Waals surface area contributed by atoms with Gasteiger partial charge in [0.25, 0.3) is 5.56 Å². The van der Waals surface area contributed by atoms with Crippen LogP contribution in [-0.2, 0) is 19.6 Å². The molecule has 0 aliphatic carbocycles. The normalized spacial score (nSPS) is 12.2. The van der Waals surface area contributed by atoms with Gasteiger partial charge in [0.2, 0.25) is 0 Å². The van der Waals surface area contributed by atoms with Crippen LogP contribution in [-0.4, -0.2) is 36.7 Å². The molecule has 0 aliphatic heterocycles. The maximum Gasteiger partial charge on any atom is 0.252 e. The number of fused-ring (bicyclic) bond motifs is 1. The van der Waals surface area contributed by atoms with Crippen LogP contribution in [0.25, 0.3) is 10.9 Å². The molecule has 0 radical (unpaired) electrons. The number of H-pyrrole nitrogens is 1. The first-order chi connectivity index (χ1) is 19.0. The van der Waals surface area contributed by atoms with E-state index in [1.165, 1.54) is 5.56 Å². The number of tetrazole rings is 1. The van der Waals surface area contributed by atoms with E-state index in [9.17, 15) is 4.79 Å². The first-order valence-electron chi connectivity index (χ1n) is 13.4. The van der Waals surface area contributed by atoms with Gasteiger partial charge in [-0.1, -0.05) is 67.1 Å². The third-order valence-corrected chi connectivity index (χ3v) is 6.94. The van der Waals surface area contributed by atoms with Crippen LogP contribution < -0.4 is 10.3 Å². The second-order valence-electron chi connectivity index (χ2n) is 9.80. The van der Waals surface area contributed by atoms with Crippen molar-refractivity contribution < 1.29 is 4.74 Å². The van der Waals surface area contributed by atoms with Crippen molar-refractivity contribution >= 4 is 10.9 Å². The fraction of sp³-hybridized carbons (Fsp3) is 0.290. The van der Waals surface area contributed by atoms with Gasteiger partial charge in [-0.05, 0) is 66.1 Å². The van der Waals surface area contributed by atoms with E-state index in [2.05, 4.69) is 75.7 Å². The van der Waals surface area contributed by atoms with Crippen LogP contribution in [0.1, 0.15) is 54.4 Å². The standard InChI is InChI=1S/C31H34N6O2/c1-4-29(30-33-34-35-37(30)20-23-9-7-6-8-10-23)36(19-24-13-11-22(3)12-14-24)21-26-17-25-18-27(39-5-2)15-16-28(25)32-31(26)38/h6-18,29H,4-5,19-21H2,1-3H3,(H,32,38)/t29-/m1/s1. The Morgan fingerprint density at radius 3 is 2.49 bits per heavy atom. The second kappa shape index (κ2) is 12.0. The van der Waals surface area contributed by atoms with Crippen LogP contribution >= 0.6 is 0 Å². The Balaban J connectivity index is 1.52. The highest BCUT2D eigenvalue weighted by Crippen LogP contribution is 2.27. The fourth-order valence-corrected chi connectivity index (χ4v) is 4.95. The molecular weight excluding hydrogens is 488 g/mol. The minimum atomic E-state index is -0.102. The largest absolute Gasteiger partial charge is 0.494 e. The van der Waals surface area contributed by atoms with E-state index in [1.54, 1.807) is 0 Å². The molecule has 8 heteroatoms. The first-order valence-corrected chi connectivity index (χ1v) is 13.4. The summed E-state index contributed by atoms with van der Waals surface area (Å²) in [5.41, 5.74) is 4.87. The minimum Gasteiger partial charge on any atom is -0.494 e. The molecule has 2 aromatic heterocycles. The number of aromatic nitrogens is 5. The SMILES string of the molecule is CCOc1ccc2[nH]c(=O)c(CN(Cc3ccc(C)cc3)[C@H](CC)c3nnnn3Cc3ccccc3)cc2c1. The van der Waals surface area contributed by atoms with Gasteiger partial charge in [0.15, 0.2) is 5.82 Å². The van der Waals surface area contributed by atoms with Gasteiger partial charge >= 0.3 is 0 Å². The average Bonchev–Trinajstić information content (AvgIpc) is 3.39. The smallest absolute Gasteiger partial charge is 0.252 e. The molecular formula is C31H34N6O2. The molecule has 5 aromatic rings. The number of rotatable bonds is 11. The topological polar surface area (TPSA) is 88.9 Å². The molecule has 0 saturated heterocycles. The van der Waals surface area contributed by atoms with E-state index >= 15 is 0 Å². The quantitative estimate of drug-likeness (QED) is 0.249. The van der Waals surface area contributed by atoms with Gasteiger partial charge < -0.3 is 9.72 Å². The van der Waals surface area contributed by atoms with Crippen LogP contribution in [0.2, 0.25) is 0 Å². The van der Waals surface area contributed by atoms with Gasteiger partial charge in [-0.3, -0.25) is 9.69 Å². The summed E-state index contributed by atoms with van der Waals surface area (Å²) < 4.78 is 7.56. The highest BCUT2D eigenvalue weighted by atomic mass is 16.5. The summed E-state index contributed by atoms with van der Waals surface area (Å²) in [4.78, 5) is 18.6. The Morgan fingerprint density at radius 1 is 0.949 bits per heavy atom. The lowest BCUT2D eigenvalue weighted by atomic mass is 10.1. The third kappa shape index (κ3) is 6.23. The summed E-state index contributed by atoms with van der Waals surface area (Å²) in [6.45, 7) is 8.42. The van der Waals surface area contributed by atoms with Crippen molar-refractivity contribution in [3.8, 4) is 5.75 Å². The number of aryl methyl sites for hydroxylation is 1. The van der Waals surface area contributed by atoms with Crippen molar-refractivity contribution in [3.05, 3.63) is 117 Å². The summed E-state index contributed by atoms with van der Waals surface area (Å²) in [6, 6.07) is 26.3. The predicted octanol–water partition coefficient (Wildman–Crippen LogP) is 5.42. The van der Waals surface area contributed by atoms with Crippen molar-refractivity contribution in [2.24, 2.45) is 0 Å². The third-order valence-electron chi connectivity index (χ3n) is 6.94. The van der Waals surface area contributed by atoms with E-state index in [-0.39, 0.29) is 11.6 Å². The van der Waals surface area contributed by atoms with E-state index in [0.717, 1.165) is 40.0 Å². The molecule has 2 heterocycles. The number of pyridine rings is 1. The summed E-state index contributed by atoms with van der Waals surface area (Å²) in [7, 11) is 0. The van der Waals surface area contributed by atoms with E-state index in [0.29, 0.717) is 31.8 Å². The van der Waals surface area contributed by atoms with Crippen molar-refractivity contribution in [2.75, 3.05) is 6.61 Å². The van der Waals surface area contributed by atoms with Crippen molar-refractivity contribution in [1.29, 1.82) is 0 Å². The second-order valence-corrected chi connectivity index (χ2v) is 9.80. The summed E-state index contributed by atoms with van der Waals surface area (Å²) in [5.74, 6) is 1.57. The summed E-state index contributed by atoms with van der Waals surface area (Å²) in [6.07, 6.45) is 0.779. The van der Waals surface area contributed by atoms with Gasteiger partial charge in [0.05, 0.1) is 19.2 Å². The maximum absolute atomic E-state index is 13.2.